The Kier molecular flexibility index (Phi) is 8.08. The van der Waals surface area contributed by atoms with Crippen molar-refractivity contribution in [2.24, 2.45) is 0 Å². The molecule has 0 aliphatic carbocycles. The molecule has 0 spiro atoms. The van der Waals surface area contributed by atoms with Crippen LogP contribution in [0.5, 0.6) is 28.7 Å². The molecule has 0 aliphatic rings. The van der Waals surface area contributed by atoms with Gasteiger partial charge in [0.05, 0.1) is 7.82 Å². The molecule has 0 fully saturated rings. The van der Waals surface area contributed by atoms with E-state index in [0.29, 0.717) is 0 Å². The molecule has 1 heterocycles. The molecule has 0 aliphatic heterocycles. The molecule has 0 radical (unpaired) electrons. The molecular formula is C15H11KO11P-. The fraction of sp³-hybridized carbons (Fsp3) is 0. The molecule has 0 bridgehead atoms. The molecular weight excluding hydrogens is 426 g/mol. The van der Waals surface area contributed by atoms with E-state index in [9.17, 15) is 30.3 Å². The molecule has 1 aromatic heterocycles. The molecule has 0 unspecified atom stereocenters. The first-order valence-electron chi connectivity index (χ1n) is 6.87. The summed E-state index contributed by atoms with van der Waals surface area (Å²) in [4.78, 5) is 36.4. The number of phosphoric acid groups is 1. The van der Waals surface area contributed by atoms with E-state index in [1.54, 1.807) is 0 Å². The molecule has 144 valence electrons. The van der Waals surface area contributed by atoms with Crippen molar-refractivity contribution in [3.8, 4) is 40.1 Å². The zero-order chi connectivity index (χ0) is 20.5. The van der Waals surface area contributed by atoms with Gasteiger partial charge in [-0.05, 0) is 18.2 Å². The maximum Gasteiger partial charge on any atom is 1.00 e. The van der Waals surface area contributed by atoms with Crippen molar-refractivity contribution in [1.29, 1.82) is 0 Å². The van der Waals surface area contributed by atoms with Gasteiger partial charge in [-0.1, -0.05) is 0 Å². The Morgan fingerprint density at radius 3 is 2.00 bits per heavy atom. The number of phenols is 4. The second-order valence-electron chi connectivity index (χ2n) is 5.12. The number of hydrogen-bond acceptors (Lipinski definition) is 10. The summed E-state index contributed by atoms with van der Waals surface area (Å²) in [7, 11) is -5.14. The first-order chi connectivity index (χ1) is 12.4. The first kappa shape index (κ1) is 24.4. The van der Waals surface area contributed by atoms with Gasteiger partial charge in [-0.2, -0.15) is 0 Å². The Morgan fingerprint density at radius 1 is 0.893 bits per heavy atom. The van der Waals surface area contributed by atoms with Gasteiger partial charge in [-0.25, -0.2) is 0 Å². The Bertz CT molecular complexity index is 1110. The van der Waals surface area contributed by atoms with Crippen LogP contribution in [0.15, 0.2) is 39.5 Å². The minimum atomic E-state index is -5.14. The summed E-state index contributed by atoms with van der Waals surface area (Å²) in [5.41, 5.74) is -0.890. The summed E-state index contributed by atoms with van der Waals surface area (Å²) >= 11 is 0. The van der Waals surface area contributed by atoms with Crippen LogP contribution in [0.4, 0.5) is 0 Å². The Hall–Kier alpha value is -1.60. The van der Waals surface area contributed by atoms with Gasteiger partial charge in [0.2, 0.25) is 11.2 Å². The van der Waals surface area contributed by atoms with Crippen molar-refractivity contribution in [1.82, 2.24) is 0 Å². The van der Waals surface area contributed by atoms with E-state index in [-0.39, 0.29) is 85.2 Å². The third-order valence-electron chi connectivity index (χ3n) is 3.17. The summed E-state index contributed by atoms with van der Waals surface area (Å²) in [6, 6.07) is 5.64. The zero-order valence-corrected chi connectivity index (χ0v) is 18.1. The Morgan fingerprint density at radius 2 is 1.46 bits per heavy atom. The standard InChI is InChI=1S/C15H10O7.K.H3O4P/c16-7-4-10(19)12-11(5-7)22-15(14(21)13(12)20)6-1-2-8(17)9(18)3-6;;1-5(2,3)4/h1-5,16-19,21H;;(H3,1,2,3,4)/q;+1;/p-2. The summed E-state index contributed by atoms with van der Waals surface area (Å²) in [6.07, 6.45) is 0. The topological polar surface area (TPSA) is 215 Å². The van der Waals surface area contributed by atoms with E-state index < -0.39 is 30.5 Å². The summed E-state index contributed by atoms with van der Waals surface area (Å²) in [6.45, 7) is 0. The van der Waals surface area contributed by atoms with Gasteiger partial charge >= 0.3 is 51.4 Å². The van der Waals surface area contributed by atoms with E-state index in [1.165, 1.54) is 6.07 Å². The van der Waals surface area contributed by atoms with Crippen molar-refractivity contribution in [2.45, 2.75) is 0 Å². The van der Waals surface area contributed by atoms with E-state index >= 15 is 0 Å². The average Bonchev–Trinajstić information content (AvgIpc) is 2.51. The molecule has 0 saturated heterocycles. The van der Waals surface area contributed by atoms with Crippen molar-refractivity contribution >= 4 is 18.8 Å². The molecule has 3 aromatic rings. The summed E-state index contributed by atoms with van der Waals surface area (Å²) < 4.78 is 14.0. The van der Waals surface area contributed by atoms with Gasteiger partial charge in [-0.15, -0.1) is 0 Å². The molecule has 11 nitrogen and oxygen atoms in total. The SMILES string of the molecule is O=P([O-])([O-])O.O=c1c(O)c(-c2ccc(O)c(O)c2)oc2cc(O)cc(O)c12.[K+]. The molecule has 28 heavy (non-hydrogen) atoms. The van der Waals surface area contributed by atoms with Gasteiger partial charge < -0.3 is 49.2 Å². The van der Waals surface area contributed by atoms with Crippen LogP contribution in [0.2, 0.25) is 0 Å². The molecule has 13 heteroatoms. The predicted molar refractivity (Wildman–Crippen MR) is 86.1 cm³/mol. The maximum atomic E-state index is 12.1. The van der Waals surface area contributed by atoms with Crippen LogP contribution in [-0.2, 0) is 4.57 Å². The van der Waals surface area contributed by atoms with Gasteiger partial charge in [-0.3, -0.25) is 4.79 Å². The fourth-order valence-corrected chi connectivity index (χ4v) is 2.14. The van der Waals surface area contributed by atoms with Crippen molar-refractivity contribution in [3.05, 3.63) is 40.6 Å². The third kappa shape index (κ3) is 5.94. The van der Waals surface area contributed by atoms with E-state index in [0.717, 1.165) is 24.3 Å². The molecule has 0 saturated carbocycles. The molecule has 0 amide bonds. The van der Waals surface area contributed by atoms with E-state index in [4.69, 9.17) is 23.7 Å². The maximum absolute atomic E-state index is 12.1. The second-order valence-corrected chi connectivity index (χ2v) is 6.06. The van der Waals surface area contributed by atoms with Crippen LogP contribution in [0.25, 0.3) is 22.3 Å². The van der Waals surface area contributed by atoms with Crippen LogP contribution in [-0.4, -0.2) is 30.4 Å². The first-order valence-corrected chi connectivity index (χ1v) is 8.37. The van der Waals surface area contributed by atoms with Gasteiger partial charge in [0.25, 0.3) is 0 Å². The van der Waals surface area contributed by atoms with Crippen LogP contribution >= 0.6 is 7.82 Å². The Labute approximate surface area is 198 Å². The number of phenolic OH excluding ortho intramolecular Hbond substituents is 4. The average molecular weight is 437 g/mol. The van der Waals surface area contributed by atoms with Gasteiger partial charge in [0, 0.05) is 17.7 Å². The predicted octanol–water partition coefficient (Wildman–Crippen LogP) is -3.20. The third-order valence-corrected chi connectivity index (χ3v) is 3.17. The molecule has 0 atom stereocenters. The minimum Gasteiger partial charge on any atom is -0.790 e. The number of benzene rings is 2. The monoisotopic (exact) mass is 437 g/mol. The van der Waals surface area contributed by atoms with Gasteiger partial charge in [0.1, 0.15) is 22.5 Å². The van der Waals surface area contributed by atoms with E-state index in [2.05, 4.69) is 0 Å². The van der Waals surface area contributed by atoms with Crippen LogP contribution < -0.4 is 66.6 Å². The summed E-state index contributed by atoms with van der Waals surface area (Å²) in [5, 5.41) is 47.6. The zero-order valence-electron chi connectivity index (χ0n) is 14.1. The number of aromatic hydroxyl groups is 5. The number of rotatable bonds is 1. The number of hydrogen-bond donors (Lipinski definition) is 6. The minimum absolute atomic E-state index is 0. The quantitative estimate of drug-likeness (QED) is 0.127. The van der Waals surface area contributed by atoms with Crippen LogP contribution in [0.1, 0.15) is 0 Å². The molecule has 6 N–H and O–H groups in total. The van der Waals surface area contributed by atoms with Crippen LogP contribution in [0, 0.1) is 0 Å². The van der Waals surface area contributed by atoms with Crippen molar-refractivity contribution in [2.75, 3.05) is 0 Å². The largest absolute Gasteiger partial charge is 1.00 e. The van der Waals surface area contributed by atoms with Crippen molar-refractivity contribution < 1.29 is 101 Å². The summed E-state index contributed by atoms with van der Waals surface area (Å²) in [5.74, 6) is -2.71. The number of fused-ring (bicyclic) bond motifs is 1. The normalized spacial score (nSPS) is 10.7. The van der Waals surface area contributed by atoms with Gasteiger partial charge in [0.15, 0.2) is 17.3 Å². The smallest absolute Gasteiger partial charge is 0.790 e. The molecule has 3 rings (SSSR count). The second kappa shape index (κ2) is 9.26. The van der Waals surface area contributed by atoms with E-state index in [1.807, 2.05) is 0 Å². The Balaban J connectivity index is 0.000000584. The van der Waals surface area contributed by atoms with Crippen molar-refractivity contribution in [3.63, 3.8) is 0 Å². The van der Waals surface area contributed by atoms with Crippen LogP contribution in [0.3, 0.4) is 0 Å². The molecule has 2 aromatic carbocycles. The fourth-order valence-electron chi connectivity index (χ4n) is 2.14.